The zero-order chi connectivity index (χ0) is 17.2. The molecule has 4 aromatic rings. The largest absolute Gasteiger partial charge is 0.348 e. The third kappa shape index (κ3) is 2.61. The summed E-state index contributed by atoms with van der Waals surface area (Å²) >= 11 is 0. The lowest BCUT2D eigenvalue weighted by Gasteiger charge is -2.12. The molecule has 1 N–H and O–H groups in total. The zero-order valence-corrected chi connectivity index (χ0v) is 13.3. The van der Waals surface area contributed by atoms with E-state index < -0.39 is 6.03 Å². The fourth-order valence-electron chi connectivity index (χ4n) is 2.86. The molecule has 5 heteroatoms. The smallest absolute Gasteiger partial charge is 0.306 e. The highest BCUT2D eigenvalue weighted by Crippen LogP contribution is 2.17. The molecular weight excluding hydrogens is 314 g/mol. The molecule has 0 aliphatic rings. The van der Waals surface area contributed by atoms with Crippen LogP contribution in [-0.2, 0) is 0 Å². The van der Waals surface area contributed by atoms with Gasteiger partial charge in [-0.1, -0.05) is 48.5 Å². The molecule has 25 heavy (non-hydrogen) atoms. The van der Waals surface area contributed by atoms with E-state index in [0.29, 0.717) is 16.6 Å². The third-order valence-corrected chi connectivity index (χ3v) is 3.97. The number of hydrogen-bond acceptors (Lipinski definition) is 2. The van der Waals surface area contributed by atoms with Crippen LogP contribution in [-0.4, -0.2) is 15.4 Å². The molecule has 0 saturated carbocycles. The van der Waals surface area contributed by atoms with Crippen molar-refractivity contribution in [3.8, 4) is 5.69 Å². The minimum atomic E-state index is -0.503. The predicted molar refractivity (Wildman–Crippen MR) is 98.4 cm³/mol. The maximum Gasteiger partial charge on any atom is 0.348 e. The van der Waals surface area contributed by atoms with Gasteiger partial charge in [0.05, 0.1) is 16.6 Å². The minimum absolute atomic E-state index is 0.354. The summed E-state index contributed by atoms with van der Waals surface area (Å²) in [4.78, 5) is 25.7. The first-order valence-corrected chi connectivity index (χ1v) is 7.90. The second kappa shape index (κ2) is 6.13. The molecule has 0 bridgehead atoms. The molecule has 0 radical (unpaired) electrons. The number of hydrogen-bond donors (Lipinski definition) is 1. The number of rotatable bonds is 2. The molecule has 1 aromatic heterocycles. The van der Waals surface area contributed by atoms with E-state index in [1.165, 1.54) is 0 Å². The summed E-state index contributed by atoms with van der Waals surface area (Å²) in [5, 5.41) is 3.27. The number of nitrogens with one attached hydrogen (secondary N) is 1. The lowest BCUT2D eigenvalue weighted by atomic mass is 10.2. The quantitative estimate of drug-likeness (QED) is 0.607. The van der Waals surface area contributed by atoms with E-state index in [1.54, 1.807) is 28.9 Å². The molecule has 5 nitrogen and oxygen atoms in total. The average Bonchev–Trinajstić information content (AvgIpc) is 2.96. The van der Waals surface area contributed by atoms with E-state index in [0.717, 1.165) is 10.4 Å². The summed E-state index contributed by atoms with van der Waals surface area (Å²) in [6, 6.07) is 25.1. The van der Waals surface area contributed by atoms with Gasteiger partial charge < -0.3 is 5.32 Å². The molecule has 1 amide bonds. The third-order valence-electron chi connectivity index (χ3n) is 3.97. The van der Waals surface area contributed by atoms with Gasteiger partial charge in [-0.25, -0.2) is 9.48 Å². The minimum Gasteiger partial charge on any atom is -0.306 e. The maximum atomic E-state index is 12.8. The van der Waals surface area contributed by atoms with Gasteiger partial charge in [0.2, 0.25) is 0 Å². The zero-order valence-electron chi connectivity index (χ0n) is 13.3. The van der Waals surface area contributed by atoms with Gasteiger partial charge in [-0.15, -0.1) is 0 Å². The summed E-state index contributed by atoms with van der Waals surface area (Å²) in [5.74, 6) is 0. The Balaban J connectivity index is 1.92. The summed E-state index contributed by atoms with van der Waals surface area (Å²) in [6.45, 7) is 0. The second-order valence-corrected chi connectivity index (χ2v) is 5.58. The van der Waals surface area contributed by atoms with Gasteiger partial charge in [-0.05, 0) is 36.4 Å². The van der Waals surface area contributed by atoms with Crippen LogP contribution in [0.5, 0.6) is 0 Å². The highest BCUT2D eigenvalue weighted by molar-refractivity contribution is 5.94. The molecule has 1 heterocycles. The lowest BCUT2D eigenvalue weighted by molar-refractivity contribution is 0.248. The fraction of sp³-hybridized carbons (Fsp3) is 0. The Kier molecular flexibility index (Phi) is 3.67. The highest BCUT2D eigenvalue weighted by atomic mass is 16.2. The number of para-hydroxylation sites is 3. The summed E-state index contributed by atoms with van der Waals surface area (Å²) in [5.41, 5.74) is 1.70. The van der Waals surface area contributed by atoms with Crippen LogP contribution >= 0.6 is 0 Å². The fourth-order valence-corrected chi connectivity index (χ4v) is 2.86. The van der Waals surface area contributed by atoms with Crippen LogP contribution in [0.4, 0.5) is 10.5 Å². The molecule has 0 saturated heterocycles. The first-order valence-electron chi connectivity index (χ1n) is 7.90. The normalized spacial score (nSPS) is 10.7. The van der Waals surface area contributed by atoms with E-state index in [9.17, 15) is 9.59 Å². The Morgan fingerprint density at radius 2 is 1.36 bits per heavy atom. The summed E-state index contributed by atoms with van der Waals surface area (Å²) in [6.07, 6.45) is 0. The number of benzene rings is 3. The van der Waals surface area contributed by atoms with E-state index >= 15 is 0 Å². The second-order valence-electron chi connectivity index (χ2n) is 5.58. The van der Waals surface area contributed by atoms with E-state index in [-0.39, 0.29) is 5.56 Å². The first kappa shape index (κ1) is 15.0. The van der Waals surface area contributed by atoms with Crippen molar-refractivity contribution < 1.29 is 4.79 Å². The SMILES string of the molecule is O=C(Nc1ccccc1)n1c(=O)c2ccccc2n1-c1ccccc1. The van der Waals surface area contributed by atoms with Gasteiger partial charge in [0.15, 0.2) is 0 Å². The first-order chi connectivity index (χ1) is 12.3. The number of carbonyl (C=O) groups is 1. The van der Waals surface area contributed by atoms with Crippen molar-refractivity contribution in [3.05, 3.63) is 95.3 Å². The number of amides is 1. The number of aromatic nitrogens is 2. The average molecular weight is 329 g/mol. The van der Waals surface area contributed by atoms with Crippen LogP contribution in [0.15, 0.2) is 89.7 Å². The molecule has 0 atom stereocenters. The van der Waals surface area contributed by atoms with Crippen LogP contribution in [0.25, 0.3) is 16.6 Å². The Bertz CT molecular complexity index is 1100. The molecule has 122 valence electrons. The van der Waals surface area contributed by atoms with Gasteiger partial charge in [0.25, 0.3) is 5.56 Å². The molecular formula is C20H15N3O2. The van der Waals surface area contributed by atoms with Crippen LogP contribution < -0.4 is 10.9 Å². The van der Waals surface area contributed by atoms with Crippen molar-refractivity contribution in [3.63, 3.8) is 0 Å². The molecule has 3 aromatic carbocycles. The number of fused-ring (bicyclic) bond motifs is 1. The van der Waals surface area contributed by atoms with Crippen LogP contribution in [0, 0.1) is 0 Å². The van der Waals surface area contributed by atoms with Gasteiger partial charge in [0, 0.05) is 5.69 Å². The van der Waals surface area contributed by atoms with E-state index in [2.05, 4.69) is 5.32 Å². The van der Waals surface area contributed by atoms with Crippen molar-refractivity contribution in [2.45, 2.75) is 0 Å². The van der Waals surface area contributed by atoms with Crippen molar-refractivity contribution in [1.29, 1.82) is 0 Å². The molecule has 0 aliphatic carbocycles. The van der Waals surface area contributed by atoms with Crippen molar-refractivity contribution in [2.75, 3.05) is 5.32 Å². The summed E-state index contributed by atoms with van der Waals surface area (Å²) < 4.78 is 2.77. The van der Waals surface area contributed by atoms with Gasteiger partial charge >= 0.3 is 6.03 Å². The number of nitrogens with zero attached hydrogens (tertiary/aromatic N) is 2. The molecule has 0 aliphatic heterocycles. The van der Waals surface area contributed by atoms with Crippen molar-refractivity contribution >= 4 is 22.6 Å². The monoisotopic (exact) mass is 329 g/mol. The van der Waals surface area contributed by atoms with Crippen molar-refractivity contribution in [2.24, 2.45) is 0 Å². The lowest BCUT2D eigenvalue weighted by Crippen LogP contribution is -2.33. The molecule has 0 spiro atoms. The Morgan fingerprint density at radius 3 is 2.08 bits per heavy atom. The molecule has 0 fully saturated rings. The van der Waals surface area contributed by atoms with Gasteiger partial charge in [-0.2, -0.15) is 4.68 Å². The van der Waals surface area contributed by atoms with Gasteiger partial charge in [-0.3, -0.25) is 4.79 Å². The van der Waals surface area contributed by atoms with Gasteiger partial charge in [0.1, 0.15) is 0 Å². The predicted octanol–water partition coefficient (Wildman–Crippen LogP) is 3.87. The molecule has 4 rings (SSSR count). The Morgan fingerprint density at radius 1 is 0.760 bits per heavy atom. The van der Waals surface area contributed by atoms with Crippen LogP contribution in [0.2, 0.25) is 0 Å². The van der Waals surface area contributed by atoms with E-state index in [1.807, 2.05) is 60.7 Å². The maximum absolute atomic E-state index is 12.8. The number of anilines is 1. The Labute approximate surface area is 143 Å². The topological polar surface area (TPSA) is 56.0 Å². The number of carbonyl (C=O) groups excluding carboxylic acids is 1. The van der Waals surface area contributed by atoms with Crippen LogP contribution in [0.3, 0.4) is 0 Å². The standard InChI is InChI=1S/C20H15N3O2/c24-19-17-13-7-8-14-18(17)22(16-11-5-2-6-12-16)23(19)20(25)21-15-9-3-1-4-10-15/h1-14H,(H,21,25). The summed E-state index contributed by atoms with van der Waals surface area (Å²) in [7, 11) is 0. The Hall–Kier alpha value is -3.60. The highest BCUT2D eigenvalue weighted by Gasteiger charge is 2.19. The van der Waals surface area contributed by atoms with Crippen LogP contribution in [0.1, 0.15) is 0 Å². The van der Waals surface area contributed by atoms with Crippen molar-refractivity contribution in [1.82, 2.24) is 9.36 Å². The van der Waals surface area contributed by atoms with E-state index in [4.69, 9.17) is 0 Å². The molecule has 0 unspecified atom stereocenters.